The number of hydrogen-bond acceptors (Lipinski definition) is 12. The van der Waals surface area contributed by atoms with Gasteiger partial charge >= 0.3 is 0 Å². The summed E-state index contributed by atoms with van der Waals surface area (Å²) >= 11 is 0. The van der Waals surface area contributed by atoms with E-state index >= 15 is 0 Å². The third kappa shape index (κ3) is 35.5. The van der Waals surface area contributed by atoms with Gasteiger partial charge in [-0.3, -0.25) is 29.1 Å². The summed E-state index contributed by atoms with van der Waals surface area (Å²) in [7, 11) is 0. The summed E-state index contributed by atoms with van der Waals surface area (Å²) in [4.78, 5) is 79.3. The van der Waals surface area contributed by atoms with Crippen molar-refractivity contribution < 1.29 is 19.2 Å². The lowest BCUT2D eigenvalue weighted by Crippen LogP contribution is -2.29. The number of nitrogens with zero attached hydrogens (tertiary/aromatic N) is 8. The average molecular weight is 1950 g/mol. The molecule has 16 aromatic rings. The van der Waals surface area contributed by atoms with E-state index in [1.807, 2.05) is 504 Å². The number of nitrogens with one attached hydrogen (secondary N) is 4. The summed E-state index contributed by atoms with van der Waals surface area (Å²) in [6.45, 7) is 49.9. The molecule has 4 N–H and O–H groups in total. The minimum Gasteiger partial charge on any atom is -0.352 e. The van der Waals surface area contributed by atoms with Crippen LogP contribution in [0.15, 0.2) is 389 Å². The molecule has 0 atom stereocenters. The zero-order chi connectivity index (χ0) is 103. The minimum atomic E-state index is -0.0408. The van der Waals surface area contributed by atoms with Crippen molar-refractivity contribution >= 4 is 92.1 Å². The first kappa shape index (κ1) is 129. The fraction of sp³-hybridized carbons (Fsp3) is 0.256. The fourth-order valence-corrected chi connectivity index (χ4v) is 14.7. The van der Waals surface area contributed by atoms with Crippen LogP contribution in [-0.4, -0.2) is 43.6 Å². The van der Waals surface area contributed by atoms with Gasteiger partial charge in [-0.2, -0.15) is 0 Å². The topological polar surface area (TPSA) is 181 Å². The normalized spacial score (nSPS) is 10.5. The smallest absolute Gasteiger partial charge is 0.260 e. The first-order valence-electron chi connectivity index (χ1n) is 50.3. The van der Waals surface area contributed by atoms with Gasteiger partial charge in [-0.1, -0.05) is 470 Å². The van der Waals surface area contributed by atoms with Crippen molar-refractivity contribution in [3.8, 4) is 44.5 Å². The molecular weight excluding hydrogens is 1780 g/mol. The number of rotatable bonds is 12. The van der Waals surface area contributed by atoms with Crippen molar-refractivity contribution in [2.75, 3.05) is 40.9 Å². The number of carbonyl (C=O) groups excluding carboxylic acids is 4. The maximum Gasteiger partial charge on any atom is 0.260 e. The van der Waals surface area contributed by atoms with Crippen LogP contribution in [0.3, 0.4) is 0 Å². The molecule has 0 unspecified atom stereocenters. The third-order valence-electron chi connectivity index (χ3n) is 20.5. The van der Waals surface area contributed by atoms with Gasteiger partial charge < -0.3 is 40.9 Å². The van der Waals surface area contributed by atoms with E-state index in [9.17, 15) is 19.2 Å². The van der Waals surface area contributed by atoms with Gasteiger partial charge in [0, 0.05) is 24.8 Å². The molecule has 8 heterocycles. The monoisotopic (exact) mass is 1950 g/mol. The second kappa shape index (κ2) is 73.4. The Kier molecular flexibility index (Phi) is 65.5. The Morgan fingerprint density at radius 2 is 0.393 bits per heavy atom. The molecule has 0 fully saturated rings. The number of fused-ring (bicyclic) bond motifs is 8. The molecule has 0 aliphatic carbocycles. The Labute approximate surface area is 874 Å². The number of carbonyl (C=O) groups is 4. The van der Waals surface area contributed by atoms with E-state index in [-0.39, 0.29) is 60.8 Å². The highest BCUT2D eigenvalue weighted by atomic mass is 16.2. The van der Waals surface area contributed by atoms with Gasteiger partial charge in [-0.25, -0.2) is 9.97 Å². The molecule has 0 spiro atoms. The van der Waals surface area contributed by atoms with Crippen molar-refractivity contribution in [1.82, 2.24) is 19.9 Å². The lowest BCUT2D eigenvalue weighted by atomic mass is 10.0. The second-order valence-electron chi connectivity index (χ2n) is 28.0. The highest BCUT2D eigenvalue weighted by molar-refractivity contribution is 6.17. The van der Waals surface area contributed by atoms with Crippen LogP contribution in [-0.2, 0) is 26.2 Å². The van der Waals surface area contributed by atoms with Crippen LogP contribution in [0.1, 0.15) is 267 Å². The highest BCUT2D eigenvalue weighted by Gasteiger charge is 2.33. The molecule has 4 aliphatic rings. The maximum atomic E-state index is 13.7. The first-order valence-corrected chi connectivity index (χ1v) is 50.3. The Hall–Kier alpha value is -15.7. The molecule has 0 saturated heterocycles. The fourth-order valence-electron chi connectivity index (χ4n) is 14.7. The molecule has 20 rings (SSSR count). The minimum absolute atomic E-state index is 0. The van der Waals surface area contributed by atoms with E-state index in [2.05, 4.69) is 65.5 Å². The summed E-state index contributed by atoms with van der Waals surface area (Å²) < 4.78 is 0. The van der Waals surface area contributed by atoms with Crippen molar-refractivity contribution in [2.45, 2.75) is 229 Å². The maximum absolute atomic E-state index is 13.7. The summed E-state index contributed by atoms with van der Waals surface area (Å²) in [6, 6.07) is 116. The molecule has 16 heteroatoms. The van der Waals surface area contributed by atoms with E-state index in [0.717, 1.165) is 124 Å². The number of amides is 4. The Bertz CT molecular complexity index is 5460. The van der Waals surface area contributed by atoms with E-state index in [4.69, 9.17) is 0 Å². The molecule has 4 aromatic heterocycles. The largest absolute Gasteiger partial charge is 0.352 e. The molecule has 145 heavy (non-hydrogen) atoms. The van der Waals surface area contributed by atoms with Crippen molar-refractivity contribution in [3.05, 3.63) is 434 Å². The van der Waals surface area contributed by atoms with Gasteiger partial charge in [0.25, 0.3) is 23.6 Å². The molecule has 12 aromatic carbocycles. The number of anilines is 12. The number of aromatic nitrogens is 4. The summed E-state index contributed by atoms with van der Waals surface area (Å²) in [5.74, 6) is 1.23. The van der Waals surface area contributed by atoms with Crippen LogP contribution < -0.4 is 40.9 Å². The number of benzene rings is 12. The van der Waals surface area contributed by atoms with Crippen LogP contribution >= 0.6 is 0 Å². The predicted molar refractivity (Wildman–Crippen MR) is 635 cm³/mol. The molecule has 4 amide bonds. The van der Waals surface area contributed by atoms with Crippen LogP contribution in [0.5, 0.6) is 0 Å². The van der Waals surface area contributed by atoms with Crippen LogP contribution in [0.25, 0.3) is 44.5 Å². The summed E-state index contributed by atoms with van der Waals surface area (Å²) in [6.07, 6.45) is 10.4. The summed E-state index contributed by atoms with van der Waals surface area (Å²) in [5.41, 5.74) is 23.2. The van der Waals surface area contributed by atoms with Gasteiger partial charge in [-0.05, 0) is 152 Å². The average Bonchev–Trinajstić information content (AvgIpc) is 1.65. The predicted octanol–water partition coefficient (Wildman–Crippen LogP) is 38.1. The number of hydrogen-bond donors (Lipinski definition) is 4. The van der Waals surface area contributed by atoms with Crippen molar-refractivity contribution in [3.63, 3.8) is 0 Å². The van der Waals surface area contributed by atoms with Crippen LogP contribution in [0.2, 0.25) is 0 Å². The molecule has 4 aliphatic heterocycles. The SMILES string of the molecule is C.C.C.C.C.CC.CC.CC.CC.CC.CC.CC.CC.CC.CC.CC.CC.O=C1c2cc(-c3ccccc3)ccc2Nc2cnccc2N1Cc1ccccc1.O=C1c2cc(-c3ccccc3)ccc2Nc2cnccc2N1Cc1ccccc1.O=C1c2cc(-c3ccccc3)ccc2Nc2ncccc2N1Cc1ccccc1.O=C1c2cc(-c3ccccc3)ccc2Nc2ncccc2N1Cc1ccccc1. The van der Waals surface area contributed by atoms with Crippen LogP contribution in [0.4, 0.5) is 68.5 Å². The Morgan fingerprint density at radius 3 is 0.614 bits per heavy atom. The van der Waals surface area contributed by atoms with Gasteiger partial charge in [0.1, 0.15) is 0 Å². The molecule has 16 nitrogen and oxygen atoms in total. The van der Waals surface area contributed by atoms with Gasteiger partial charge in [0.2, 0.25) is 0 Å². The Morgan fingerprint density at radius 1 is 0.193 bits per heavy atom. The molecule has 0 saturated carbocycles. The quantitative estimate of drug-likeness (QED) is 0.0910. The zero-order valence-corrected chi connectivity index (χ0v) is 87.0. The van der Waals surface area contributed by atoms with Crippen LogP contribution in [0, 0.1) is 0 Å². The summed E-state index contributed by atoms with van der Waals surface area (Å²) in [5, 5.41) is 13.5. The second-order valence-corrected chi connectivity index (χ2v) is 28.0. The first-order chi connectivity index (χ1) is 69.2. The van der Waals surface area contributed by atoms with Gasteiger partial charge in [0.05, 0.1) is 118 Å². The van der Waals surface area contributed by atoms with Gasteiger partial charge in [-0.15, -0.1) is 0 Å². The molecular formula is C129H168N12O4. The highest BCUT2D eigenvalue weighted by Crippen LogP contribution is 2.43. The third-order valence-corrected chi connectivity index (χ3v) is 20.5. The van der Waals surface area contributed by atoms with Crippen molar-refractivity contribution in [2.24, 2.45) is 0 Å². The van der Waals surface area contributed by atoms with Crippen molar-refractivity contribution in [1.29, 1.82) is 0 Å². The Balaban J connectivity index is 0.00000176. The van der Waals surface area contributed by atoms with E-state index < -0.39 is 0 Å². The van der Waals surface area contributed by atoms with Gasteiger partial charge in [0.15, 0.2) is 11.6 Å². The molecule has 0 bridgehead atoms. The molecule has 768 valence electrons. The lowest BCUT2D eigenvalue weighted by Gasteiger charge is -2.22. The number of pyridine rings is 4. The standard InChI is InChI=1S/4C25H19N3O.12C2H6.5CH4/c2*29-25-21-16-20(19-10-5-2-6-11-19)13-14-22(21)27-24-23(12-7-15-26-24)28(25)17-18-8-3-1-4-9-18;2*29-25-21-15-20(19-9-5-2-6-10-19)11-12-22(21)27-23-16-26-14-13-24(23)28(25)17-18-7-3-1-4-8-18;12*1-2;;;;;/h2*1-16H,17H2,(H,26,27);2*1-16,27H,17H2;12*1-2H3;5*1H4. The van der Waals surface area contributed by atoms with E-state index in [1.165, 1.54) is 0 Å². The lowest BCUT2D eigenvalue weighted by molar-refractivity contribution is 0.0979. The van der Waals surface area contributed by atoms with E-state index in [1.54, 1.807) is 47.0 Å². The zero-order valence-electron chi connectivity index (χ0n) is 87.0. The van der Waals surface area contributed by atoms with E-state index in [0.29, 0.717) is 60.1 Å². The molecule has 0 radical (unpaired) electrons.